The van der Waals surface area contributed by atoms with Crippen molar-refractivity contribution in [2.75, 3.05) is 20.6 Å². The molecule has 0 amide bonds. The molecule has 0 aliphatic heterocycles. The number of benzene rings is 1. The van der Waals surface area contributed by atoms with Crippen molar-refractivity contribution in [3.05, 3.63) is 35.4 Å². The van der Waals surface area contributed by atoms with Gasteiger partial charge in [-0.2, -0.15) is 0 Å². The van der Waals surface area contributed by atoms with Crippen molar-refractivity contribution in [2.45, 2.75) is 58.0 Å². The van der Waals surface area contributed by atoms with Crippen LogP contribution in [-0.4, -0.2) is 31.6 Å². The maximum absolute atomic E-state index is 3.50. The van der Waals surface area contributed by atoms with Gasteiger partial charge in [0, 0.05) is 12.1 Å². The van der Waals surface area contributed by atoms with Crippen LogP contribution in [0.2, 0.25) is 0 Å². The predicted molar refractivity (Wildman–Crippen MR) is 91.6 cm³/mol. The summed E-state index contributed by atoms with van der Waals surface area (Å²) in [5.74, 6) is 0.905. The van der Waals surface area contributed by atoms with Gasteiger partial charge in [-0.25, -0.2) is 0 Å². The minimum atomic E-state index is 0.467. The minimum Gasteiger partial charge on any atom is -0.313 e. The second-order valence-electron chi connectivity index (χ2n) is 6.89. The summed E-state index contributed by atoms with van der Waals surface area (Å²) in [5, 5.41) is 3.50. The van der Waals surface area contributed by atoms with E-state index in [1.54, 1.807) is 0 Å². The molecule has 1 aliphatic carbocycles. The number of nitrogens with one attached hydrogen (secondary N) is 1. The molecule has 1 aromatic rings. The van der Waals surface area contributed by atoms with E-state index in [0.717, 1.165) is 12.0 Å². The highest BCUT2D eigenvalue weighted by Gasteiger charge is 2.23. The summed E-state index contributed by atoms with van der Waals surface area (Å²) in [5.41, 5.74) is 2.84. The zero-order valence-corrected chi connectivity index (χ0v) is 14.2. The van der Waals surface area contributed by atoms with Gasteiger partial charge < -0.3 is 10.2 Å². The van der Waals surface area contributed by atoms with Crippen LogP contribution in [-0.2, 0) is 0 Å². The number of hydrogen-bond acceptors (Lipinski definition) is 2. The second-order valence-corrected chi connectivity index (χ2v) is 6.89. The van der Waals surface area contributed by atoms with Crippen LogP contribution >= 0.6 is 0 Å². The van der Waals surface area contributed by atoms with Gasteiger partial charge in [0.2, 0.25) is 0 Å². The molecule has 1 aliphatic rings. The third kappa shape index (κ3) is 4.55. The summed E-state index contributed by atoms with van der Waals surface area (Å²) in [6.07, 6.45) is 6.78. The molecule has 1 N–H and O–H groups in total. The summed E-state index contributed by atoms with van der Waals surface area (Å²) in [6, 6.07) is 10.0. The Balaban J connectivity index is 1.89. The quantitative estimate of drug-likeness (QED) is 0.845. The second kappa shape index (κ2) is 7.95. The topological polar surface area (TPSA) is 15.3 Å². The first kappa shape index (κ1) is 16.5. The van der Waals surface area contributed by atoms with Crippen LogP contribution in [0.15, 0.2) is 24.3 Å². The molecule has 0 spiro atoms. The predicted octanol–water partition coefficient (Wildman–Crippen LogP) is 4.16. The van der Waals surface area contributed by atoms with E-state index in [9.17, 15) is 0 Å². The number of nitrogens with zero attached hydrogens (tertiary/aromatic N) is 1. The van der Waals surface area contributed by atoms with Crippen molar-refractivity contribution < 1.29 is 0 Å². The Morgan fingerprint density at radius 2 is 2.05 bits per heavy atom. The van der Waals surface area contributed by atoms with Gasteiger partial charge in [0.1, 0.15) is 0 Å². The Morgan fingerprint density at radius 1 is 1.29 bits per heavy atom. The van der Waals surface area contributed by atoms with E-state index in [-0.39, 0.29) is 0 Å². The van der Waals surface area contributed by atoms with Crippen LogP contribution in [0, 0.1) is 12.8 Å². The third-order valence-electron chi connectivity index (χ3n) is 5.21. The van der Waals surface area contributed by atoms with E-state index >= 15 is 0 Å². The molecular weight excluding hydrogens is 256 g/mol. The number of rotatable bonds is 6. The fraction of sp³-hybridized carbons (Fsp3) is 0.684. The molecule has 2 rings (SSSR count). The Bertz CT molecular complexity index is 429. The highest BCUT2D eigenvalue weighted by molar-refractivity contribution is 5.28. The smallest absolute Gasteiger partial charge is 0.0332 e. The average Bonchev–Trinajstić information content (AvgIpc) is 2.49. The van der Waals surface area contributed by atoms with E-state index in [1.165, 1.54) is 49.8 Å². The Morgan fingerprint density at radius 3 is 2.71 bits per heavy atom. The van der Waals surface area contributed by atoms with E-state index in [2.05, 4.69) is 62.4 Å². The first-order valence-electron chi connectivity index (χ1n) is 8.54. The molecule has 21 heavy (non-hydrogen) atoms. The molecule has 1 aromatic carbocycles. The monoisotopic (exact) mass is 288 g/mol. The minimum absolute atomic E-state index is 0.467. The lowest BCUT2D eigenvalue weighted by Crippen LogP contribution is -2.37. The summed E-state index contributed by atoms with van der Waals surface area (Å²) in [6.45, 7) is 5.80. The van der Waals surface area contributed by atoms with Gasteiger partial charge in [0.25, 0.3) is 0 Å². The van der Waals surface area contributed by atoms with Crippen LogP contribution in [0.4, 0.5) is 0 Å². The highest BCUT2D eigenvalue weighted by atomic mass is 15.1. The molecule has 0 saturated heterocycles. The van der Waals surface area contributed by atoms with Gasteiger partial charge in [0.15, 0.2) is 0 Å². The van der Waals surface area contributed by atoms with Crippen molar-refractivity contribution in [1.29, 1.82) is 0 Å². The van der Waals surface area contributed by atoms with Gasteiger partial charge >= 0.3 is 0 Å². The van der Waals surface area contributed by atoms with E-state index in [4.69, 9.17) is 0 Å². The maximum Gasteiger partial charge on any atom is 0.0332 e. The largest absolute Gasteiger partial charge is 0.313 e. The van der Waals surface area contributed by atoms with Crippen LogP contribution in [0.25, 0.3) is 0 Å². The molecule has 0 heterocycles. The van der Waals surface area contributed by atoms with Crippen molar-refractivity contribution >= 4 is 0 Å². The van der Waals surface area contributed by atoms with Crippen LogP contribution < -0.4 is 5.32 Å². The number of aryl methyl sites for hydroxylation is 1. The summed E-state index contributed by atoms with van der Waals surface area (Å²) in [4.78, 5) is 2.60. The van der Waals surface area contributed by atoms with Crippen molar-refractivity contribution in [1.82, 2.24) is 10.2 Å². The molecule has 0 bridgehead atoms. The van der Waals surface area contributed by atoms with E-state index in [0.29, 0.717) is 6.04 Å². The molecule has 3 unspecified atom stereocenters. The third-order valence-corrected chi connectivity index (χ3v) is 5.21. The van der Waals surface area contributed by atoms with Gasteiger partial charge in [0.05, 0.1) is 0 Å². The van der Waals surface area contributed by atoms with E-state index in [1.807, 2.05) is 0 Å². The van der Waals surface area contributed by atoms with Gasteiger partial charge in [-0.15, -0.1) is 0 Å². The first-order valence-corrected chi connectivity index (χ1v) is 8.54. The molecular formula is C19H32N2. The fourth-order valence-corrected chi connectivity index (χ4v) is 3.75. The lowest BCUT2D eigenvalue weighted by atomic mass is 9.86. The average molecular weight is 288 g/mol. The standard InChI is InChI=1S/C19H32N2/c1-15-8-7-10-17(14-15)21(4)13-12-19(20-3)18-11-6-5-9-16(18)2/h5-6,9,11,15,17,19-20H,7-8,10,12-14H2,1-4H3. The van der Waals surface area contributed by atoms with Crippen molar-refractivity contribution in [3.8, 4) is 0 Å². The zero-order valence-electron chi connectivity index (χ0n) is 14.2. The van der Waals surface area contributed by atoms with E-state index < -0.39 is 0 Å². The molecule has 1 saturated carbocycles. The van der Waals surface area contributed by atoms with Gasteiger partial charge in [-0.05, 0) is 63.9 Å². The zero-order chi connectivity index (χ0) is 15.2. The lowest BCUT2D eigenvalue weighted by molar-refractivity contribution is 0.158. The Labute approximate surface area is 130 Å². The molecule has 0 radical (unpaired) electrons. The Hall–Kier alpha value is -0.860. The van der Waals surface area contributed by atoms with Crippen molar-refractivity contribution in [2.24, 2.45) is 5.92 Å². The molecule has 2 heteroatoms. The SMILES string of the molecule is CNC(CCN(C)C1CCCC(C)C1)c1ccccc1C. The van der Waals surface area contributed by atoms with Crippen LogP contribution in [0.1, 0.15) is 56.2 Å². The summed E-state index contributed by atoms with van der Waals surface area (Å²) < 4.78 is 0. The molecule has 2 nitrogen and oxygen atoms in total. The molecule has 0 aromatic heterocycles. The lowest BCUT2D eigenvalue weighted by Gasteiger charge is -2.35. The molecule has 3 atom stereocenters. The number of hydrogen-bond donors (Lipinski definition) is 1. The van der Waals surface area contributed by atoms with Gasteiger partial charge in [-0.1, -0.05) is 44.0 Å². The summed E-state index contributed by atoms with van der Waals surface area (Å²) >= 11 is 0. The summed E-state index contributed by atoms with van der Waals surface area (Å²) in [7, 11) is 4.40. The highest BCUT2D eigenvalue weighted by Crippen LogP contribution is 2.27. The van der Waals surface area contributed by atoms with Gasteiger partial charge in [-0.3, -0.25) is 0 Å². The fourth-order valence-electron chi connectivity index (χ4n) is 3.75. The first-order chi connectivity index (χ1) is 10.1. The maximum atomic E-state index is 3.50. The van der Waals surface area contributed by atoms with Crippen LogP contribution in [0.3, 0.4) is 0 Å². The Kier molecular flexibility index (Phi) is 6.25. The van der Waals surface area contributed by atoms with Crippen LogP contribution in [0.5, 0.6) is 0 Å². The normalized spacial score (nSPS) is 24.2. The van der Waals surface area contributed by atoms with Crippen molar-refractivity contribution in [3.63, 3.8) is 0 Å². The molecule has 118 valence electrons. The molecule has 1 fully saturated rings.